The van der Waals surface area contributed by atoms with Gasteiger partial charge in [-0.05, 0) is 31.6 Å². The Labute approximate surface area is 115 Å². The zero-order chi connectivity index (χ0) is 12.3. The molecule has 3 aliphatic rings. The molecule has 1 heterocycles. The number of nitrogens with zero attached hydrogens (tertiary/aromatic N) is 1. The molecule has 1 saturated heterocycles. The number of aliphatic imine (C=N–C) groups is 1. The molecule has 1 aliphatic heterocycles. The topological polar surface area (TPSA) is 24.4 Å². The Hall–Kier alpha value is -0.180. The van der Waals surface area contributed by atoms with Gasteiger partial charge in [-0.1, -0.05) is 50.3 Å². The van der Waals surface area contributed by atoms with Crippen LogP contribution in [0.25, 0.3) is 0 Å². The molecule has 1 N–H and O–H groups in total. The number of amidine groups is 1. The van der Waals surface area contributed by atoms with E-state index in [2.05, 4.69) is 5.32 Å². The van der Waals surface area contributed by atoms with Crippen LogP contribution in [-0.4, -0.2) is 23.0 Å². The van der Waals surface area contributed by atoms with Gasteiger partial charge in [0.2, 0.25) is 0 Å². The van der Waals surface area contributed by atoms with Crippen LogP contribution in [0.1, 0.15) is 64.2 Å². The summed E-state index contributed by atoms with van der Waals surface area (Å²) in [6.07, 6.45) is 14.1. The lowest BCUT2D eigenvalue weighted by molar-refractivity contribution is 0.303. The zero-order valence-electron chi connectivity index (χ0n) is 11.4. The van der Waals surface area contributed by atoms with Gasteiger partial charge in [-0.2, -0.15) is 0 Å². The zero-order valence-corrected chi connectivity index (χ0v) is 12.2. The third-order valence-corrected chi connectivity index (χ3v) is 6.09. The standard InChI is InChI=1S/C15H26N2S/c1-3-7-13(8-4-1)11-16-14-17-15(12-18-14)9-5-2-6-10-15/h13H,1-12H2,(H,16,17). The minimum atomic E-state index is 0.425. The first kappa shape index (κ1) is 12.8. The average Bonchev–Trinajstić information content (AvgIpc) is 2.82. The molecule has 0 unspecified atom stereocenters. The Bertz CT molecular complexity index is 302. The van der Waals surface area contributed by atoms with Crippen molar-refractivity contribution in [3.05, 3.63) is 0 Å². The molecular formula is C15H26N2S. The molecule has 1 spiro atoms. The molecule has 0 bridgehead atoms. The molecule has 102 valence electrons. The molecule has 3 fully saturated rings. The first-order valence-corrected chi connectivity index (χ1v) is 8.80. The molecule has 0 amide bonds. The molecule has 2 aliphatic carbocycles. The highest BCUT2D eigenvalue weighted by molar-refractivity contribution is 8.14. The van der Waals surface area contributed by atoms with Crippen LogP contribution in [0.3, 0.4) is 0 Å². The molecule has 0 atom stereocenters. The number of nitrogens with one attached hydrogen (secondary N) is 1. The Morgan fingerprint density at radius 2 is 1.78 bits per heavy atom. The third kappa shape index (κ3) is 3.04. The molecule has 0 aromatic heterocycles. The fourth-order valence-corrected chi connectivity index (χ4v) is 4.90. The van der Waals surface area contributed by atoms with Crippen LogP contribution < -0.4 is 5.32 Å². The highest BCUT2D eigenvalue weighted by Crippen LogP contribution is 2.36. The Morgan fingerprint density at radius 1 is 1.06 bits per heavy atom. The van der Waals surface area contributed by atoms with Gasteiger partial charge in [0.1, 0.15) is 0 Å². The van der Waals surface area contributed by atoms with E-state index in [1.807, 2.05) is 11.8 Å². The van der Waals surface area contributed by atoms with Crippen molar-refractivity contribution in [2.45, 2.75) is 69.7 Å². The maximum atomic E-state index is 4.86. The smallest absolute Gasteiger partial charge is 0.157 e. The van der Waals surface area contributed by atoms with E-state index in [9.17, 15) is 0 Å². The average molecular weight is 266 g/mol. The van der Waals surface area contributed by atoms with Crippen molar-refractivity contribution in [3.63, 3.8) is 0 Å². The molecule has 0 aromatic rings. The summed E-state index contributed by atoms with van der Waals surface area (Å²) in [5.41, 5.74) is 0.425. The van der Waals surface area contributed by atoms with Gasteiger partial charge < -0.3 is 5.32 Å². The second kappa shape index (κ2) is 5.85. The molecule has 2 saturated carbocycles. The van der Waals surface area contributed by atoms with E-state index in [-0.39, 0.29) is 0 Å². The minimum absolute atomic E-state index is 0.425. The van der Waals surface area contributed by atoms with Gasteiger partial charge in [-0.15, -0.1) is 0 Å². The number of thioether (sulfide) groups is 1. The Morgan fingerprint density at radius 3 is 2.56 bits per heavy atom. The minimum Gasteiger partial charge on any atom is -0.359 e. The van der Waals surface area contributed by atoms with E-state index in [0.717, 1.165) is 12.5 Å². The highest BCUT2D eigenvalue weighted by atomic mass is 32.2. The Balaban J connectivity index is 1.51. The van der Waals surface area contributed by atoms with E-state index in [1.165, 1.54) is 75.1 Å². The van der Waals surface area contributed by atoms with Crippen LogP contribution in [-0.2, 0) is 0 Å². The molecule has 0 aromatic carbocycles. The van der Waals surface area contributed by atoms with Gasteiger partial charge in [-0.3, -0.25) is 4.99 Å². The second-order valence-electron chi connectivity index (χ2n) is 6.40. The molecule has 18 heavy (non-hydrogen) atoms. The predicted octanol–water partition coefficient (Wildman–Crippen LogP) is 3.96. The summed E-state index contributed by atoms with van der Waals surface area (Å²) in [4.78, 5) is 4.86. The quantitative estimate of drug-likeness (QED) is 0.818. The van der Waals surface area contributed by atoms with Gasteiger partial charge in [0.25, 0.3) is 0 Å². The van der Waals surface area contributed by atoms with E-state index in [4.69, 9.17) is 4.99 Å². The van der Waals surface area contributed by atoms with E-state index >= 15 is 0 Å². The Kier molecular flexibility index (Phi) is 4.17. The second-order valence-corrected chi connectivity index (χ2v) is 7.37. The van der Waals surface area contributed by atoms with Crippen LogP contribution in [0.2, 0.25) is 0 Å². The van der Waals surface area contributed by atoms with Gasteiger partial charge in [0, 0.05) is 17.8 Å². The van der Waals surface area contributed by atoms with Gasteiger partial charge in [0.05, 0.1) is 0 Å². The normalized spacial score (nSPS) is 30.8. The van der Waals surface area contributed by atoms with Crippen LogP contribution >= 0.6 is 11.8 Å². The SMILES string of the molecule is C1CCC(CN=C2NC3(CCCCC3)CS2)CC1. The summed E-state index contributed by atoms with van der Waals surface area (Å²) < 4.78 is 0. The number of rotatable bonds is 2. The molecule has 0 radical (unpaired) electrons. The molecule has 2 nitrogen and oxygen atoms in total. The lowest BCUT2D eigenvalue weighted by atomic mass is 9.83. The summed E-state index contributed by atoms with van der Waals surface area (Å²) in [6.45, 7) is 1.07. The van der Waals surface area contributed by atoms with Crippen LogP contribution in [0.5, 0.6) is 0 Å². The summed E-state index contributed by atoms with van der Waals surface area (Å²) in [5.74, 6) is 2.13. The van der Waals surface area contributed by atoms with E-state index in [1.54, 1.807) is 0 Å². The highest BCUT2D eigenvalue weighted by Gasteiger charge is 2.37. The van der Waals surface area contributed by atoms with Crippen LogP contribution in [0.4, 0.5) is 0 Å². The van der Waals surface area contributed by atoms with Gasteiger partial charge in [0.15, 0.2) is 5.17 Å². The van der Waals surface area contributed by atoms with Crippen molar-refractivity contribution < 1.29 is 0 Å². The molecular weight excluding hydrogens is 240 g/mol. The summed E-state index contributed by atoms with van der Waals surface area (Å²) in [5, 5.41) is 5.01. The number of hydrogen-bond acceptors (Lipinski definition) is 2. The lowest BCUT2D eigenvalue weighted by Crippen LogP contribution is -2.45. The van der Waals surface area contributed by atoms with Crippen molar-refractivity contribution in [3.8, 4) is 0 Å². The first-order valence-electron chi connectivity index (χ1n) is 7.82. The first-order chi connectivity index (χ1) is 8.86. The van der Waals surface area contributed by atoms with Crippen molar-refractivity contribution in [2.75, 3.05) is 12.3 Å². The summed E-state index contributed by atoms with van der Waals surface area (Å²) in [7, 11) is 0. The maximum Gasteiger partial charge on any atom is 0.157 e. The maximum absolute atomic E-state index is 4.86. The molecule has 3 rings (SSSR count). The van der Waals surface area contributed by atoms with Crippen molar-refractivity contribution in [2.24, 2.45) is 10.9 Å². The van der Waals surface area contributed by atoms with Gasteiger partial charge >= 0.3 is 0 Å². The number of hydrogen-bond donors (Lipinski definition) is 1. The van der Waals surface area contributed by atoms with Crippen molar-refractivity contribution >= 4 is 16.9 Å². The lowest BCUT2D eigenvalue weighted by Gasteiger charge is -2.32. The van der Waals surface area contributed by atoms with Crippen LogP contribution in [0, 0.1) is 5.92 Å². The van der Waals surface area contributed by atoms with Gasteiger partial charge in [-0.25, -0.2) is 0 Å². The molecule has 3 heteroatoms. The monoisotopic (exact) mass is 266 g/mol. The third-order valence-electron chi connectivity index (χ3n) is 4.89. The fourth-order valence-electron chi connectivity index (χ4n) is 3.67. The fraction of sp³-hybridized carbons (Fsp3) is 0.933. The largest absolute Gasteiger partial charge is 0.359 e. The predicted molar refractivity (Wildman–Crippen MR) is 80.3 cm³/mol. The summed E-state index contributed by atoms with van der Waals surface area (Å²) >= 11 is 1.98. The van der Waals surface area contributed by atoms with Crippen molar-refractivity contribution in [1.82, 2.24) is 5.32 Å². The van der Waals surface area contributed by atoms with E-state index in [0.29, 0.717) is 5.54 Å². The summed E-state index contributed by atoms with van der Waals surface area (Å²) in [6, 6.07) is 0. The van der Waals surface area contributed by atoms with Crippen molar-refractivity contribution in [1.29, 1.82) is 0 Å². The van der Waals surface area contributed by atoms with E-state index < -0.39 is 0 Å². The van der Waals surface area contributed by atoms with Crippen LogP contribution in [0.15, 0.2) is 4.99 Å².